The number of aliphatic hydroxyl groups excluding tert-OH is 1. The Hall–Kier alpha value is -2.08. The molecule has 0 amide bonds. The number of carbonyl (C=O) groups is 1. The third-order valence-corrected chi connectivity index (χ3v) is 2.45. The molecule has 1 atom stereocenters. The standard InChI is InChI=1S/C12H13NO5/c1-16-12(15)10-5-3-2-4-9(10)11-13-17-7-8(6-14)18-11/h2-5,8,14H,6-7H2,1H3. The van der Waals surface area contributed by atoms with E-state index in [-0.39, 0.29) is 19.1 Å². The van der Waals surface area contributed by atoms with Crippen LogP contribution in [0.2, 0.25) is 0 Å². The van der Waals surface area contributed by atoms with Crippen LogP contribution in [0.5, 0.6) is 0 Å². The fourth-order valence-corrected chi connectivity index (χ4v) is 1.55. The number of esters is 1. The normalized spacial score (nSPS) is 18.3. The quantitative estimate of drug-likeness (QED) is 0.793. The molecule has 2 rings (SSSR count). The van der Waals surface area contributed by atoms with E-state index < -0.39 is 12.1 Å². The second-order valence-electron chi connectivity index (χ2n) is 3.65. The summed E-state index contributed by atoms with van der Waals surface area (Å²) in [5, 5.41) is 12.8. The SMILES string of the molecule is COC(=O)c1ccccc1C1=NOCC(CO)O1. The third kappa shape index (κ3) is 2.43. The number of oxime groups is 1. The van der Waals surface area contributed by atoms with Gasteiger partial charge in [0, 0.05) is 0 Å². The molecule has 1 aromatic rings. The molecule has 0 saturated carbocycles. The first-order valence-electron chi connectivity index (χ1n) is 5.41. The molecule has 6 nitrogen and oxygen atoms in total. The molecule has 1 aromatic carbocycles. The van der Waals surface area contributed by atoms with Crippen LogP contribution in [0.3, 0.4) is 0 Å². The highest BCUT2D eigenvalue weighted by atomic mass is 16.7. The molecule has 1 heterocycles. The summed E-state index contributed by atoms with van der Waals surface area (Å²) < 4.78 is 10.1. The second kappa shape index (κ2) is 5.50. The number of nitrogens with zero attached hydrogens (tertiary/aromatic N) is 1. The number of ether oxygens (including phenoxy) is 2. The lowest BCUT2D eigenvalue weighted by molar-refractivity contribution is -0.0153. The fraction of sp³-hybridized carbons (Fsp3) is 0.333. The Morgan fingerprint density at radius 1 is 1.56 bits per heavy atom. The van der Waals surface area contributed by atoms with E-state index in [1.807, 2.05) is 0 Å². The molecular formula is C12H13NO5. The summed E-state index contributed by atoms with van der Waals surface area (Å²) in [5.74, 6) is -0.315. The monoisotopic (exact) mass is 251 g/mol. The van der Waals surface area contributed by atoms with Crippen molar-refractivity contribution in [2.75, 3.05) is 20.3 Å². The van der Waals surface area contributed by atoms with Crippen molar-refractivity contribution in [3.05, 3.63) is 35.4 Å². The third-order valence-electron chi connectivity index (χ3n) is 2.45. The maximum atomic E-state index is 11.6. The minimum Gasteiger partial charge on any atom is -0.466 e. The molecule has 0 spiro atoms. The molecule has 0 saturated heterocycles. The Morgan fingerprint density at radius 3 is 3.06 bits per heavy atom. The van der Waals surface area contributed by atoms with Crippen molar-refractivity contribution in [2.24, 2.45) is 5.16 Å². The molecule has 1 aliphatic heterocycles. The predicted octanol–water partition coefficient (Wildman–Crippen LogP) is 0.542. The van der Waals surface area contributed by atoms with E-state index in [0.717, 1.165) is 0 Å². The molecule has 1 unspecified atom stereocenters. The second-order valence-corrected chi connectivity index (χ2v) is 3.65. The summed E-state index contributed by atoms with van der Waals surface area (Å²) in [5.41, 5.74) is 0.809. The van der Waals surface area contributed by atoms with E-state index in [4.69, 9.17) is 14.7 Å². The van der Waals surface area contributed by atoms with E-state index in [9.17, 15) is 4.79 Å². The Labute approximate surface area is 104 Å². The lowest BCUT2D eigenvalue weighted by atomic mass is 10.1. The van der Waals surface area contributed by atoms with Crippen LogP contribution in [-0.2, 0) is 14.3 Å². The Kier molecular flexibility index (Phi) is 3.78. The number of methoxy groups -OCH3 is 1. The first kappa shape index (κ1) is 12.4. The highest BCUT2D eigenvalue weighted by molar-refractivity contribution is 6.05. The van der Waals surface area contributed by atoms with Crippen molar-refractivity contribution >= 4 is 11.9 Å². The van der Waals surface area contributed by atoms with Crippen LogP contribution < -0.4 is 0 Å². The van der Waals surface area contributed by atoms with Crippen LogP contribution in [0.4, 0.5) is 0 Å². The number of aliphatic hydroxyl groups is 1. The molecule has 0 radical (unpaired) electrons. The van der Waals surface area contributed by atoms with Gasteiger partial charge in [0.25, 0.3) is 5.90 Å². The average Bonchev–Trinajstić information content (AvgIpc) is 2.46. The van der Waals surface area contributed by atoms with E-state index in [2.05, 4.69) is 9.89 Å². The Balaban J connectivity index is 2.33. The highest BCUT2D eigenvalue weighted by Gasteiger charge is 2.23. The van der Waals surface area contributed by atoms with Gasteiger partial charge in [0.15, 0.2) is 12.7 Å². The van der Waals surface area contributed by atoms with Gasteiger partial charge in [-0.25, -0.2) is 4.79 Å². The maximum absolute atomic E-state index is 11.6. The van der Waals surface area contributed by atoms with Crippen LogP contribution in [-0.4, -0.2) is 43.4 Å². The van der Waals surface area contributed by atoms with Gasteiger partial charge in [0.2, 0.25) is 0 Å². The van der Waals surface area contributed by atoms with Crippen LogP contribution in [0, 0.1) is 0 Å². The average molecular weight is 251 g/mol. The van der Waals surface area contributed by atoms with Gasteiger partial charge in [-0.1, -0.05) is 12.1 Å². The van der Waals surface area contributed by atoms with Gasteiger partial charge in [-0.15, -0.1) is 0 Å². The molecule has 96 valence electrons. The minimum atomic E-state index is -0.483. The van der Waals surface area contributed by atoms with Crippen molar-refractivity contribution in [3.63, 3.8) is 0 Å². The predicted molar refractivity (Wildman–Crippen MR) is 62.2 cm³/mol. The number of carbonyl (C=O) groups excluding carboxylic acids is 1. The van der Waals surface area contributed by atoms with Crippen molar-refractivity contribution in [2.45, 2.75) is 6.10 Å². The van der Waals surface area contributed by atoms with Crippen LogP contribution in [0.1, 0.15) is 15.9 Å². The van der Waals surface area contributed by atoms with Gasteiger partial charge in [-0.05, 0) is 17.3 Å². The van der Waals surface area contributed by atoms with Crippen LogP contribution in [0.25, 0.3) is 0 Å². The van der Waals surface area contributed by atoms with Gasteiger partial charge in [0.1, 0.15) is 0 Å². The van der Waals surface area contributed by atoms with E-state index in [1.165, 1.54) is 7.11 Å². The first-order chi connectivity index (χ1) is 8.76. The minimum absolute atomic E-state index is 0.168. The van der Waals surface area contributed by atoms with E-state index >= 15 is 0 Å². The molecule has 1 aliphatic rings. The summed E-state index contributed by atoms with van der Waals surface area (Å²) in [6.07, 6.45) is -0.483. The van der Waals surface area contributed by atoms with Crippen molar-refractivity contribution < 1.29 is 24.2 Å². The largest absolute Gasteiger partial charge is 0.466 e. The Bertz CT molecular complexity index is 471. The molecule has 1 N–H and O–H groups in total. The lowest BCUT2D eigenvalue weighted by Gasteiger charge is -2.22. The molecule has 0 fully saturated rings. The van der Waals surface area contributed by atoms with Crippen molar-refractivity contribution in [1.29, 1.82) is 0 Å². The molecular weight excluding hydrogens is 238 g/mol. The molecule has 0 bridgehead atoms. The van der Waals surface area contributed by atoms with Crippen molar-refractivity contribution in [1.82, 2.24) is 0 Å². The van der Waals surface area contributed by atoms with Crippen LogP contribution >= 0.6 is 0 Å². The summed E-state index contributed by atoms with van der Waals surface area (Å²) >= 11 is 0. The fourth-order valence-electron chi connectivity index (χ4n) is 1.55. The van der Waals surface area contributed by atoms with Gasteiger partial charge < -0.3 is 19.4 Å². The smallest absolute Gasteiger partial charge is 0.338 e. The molecule has 0 aliphatic carbocycles. The molecule has 0 aromatic heterocycles. The zero-order valence-corrected chi connectivity index (χ0v) is 9.83. The number of hydrogen-bond acceptors (Lipinski definition) is 6. The number of rotatable bonds is 3. The van der Waals surface area contributed by atoms with Crippen LogP contribution in [0.15, 0.2) is 29.4 Å². The molecule has 18 heavy (non-hydrogen) atoms. The maximum Gasteiger partial charge on any atom is 0.338 e. The van der Waals surface area contributed by atoms with Gasteiger partial charge in [-0.3, -0.25) is 0 Å². The zero-order chi connectivity index (χ0) is 13.0. The van der Waals surface area contributed by atoms with Gasteiger partial charge in [0.05, 0.1) is 24.8 Å². The highest BCUT2D eigenvalue weighted by Crippen LogP contribution is 2.16. The lowest BCUT2D eigenvalue weighted by Crippen LogP contribution is -2.31. The molecule has 6 heteroatoms. The summed E-state index contributed by atoms with van der Waals surface area (Å²) in [4.78, 5) is 16.6. The topological polar surface area (TPSA) is 77.4 Å². The first-order valence-corrected chi connectivity index (χ1v) is 5.41. The van der Waals surface area contributed by atoms with E-state index in [0.29, 0.717) is 11.1 Å². The Morgan fingerprint density at radius 2 is 2.33 bits per heavy atom. The van der Waals surface area contributed by atoms with Gasteiger partial charge in [-0.2, -0.15) is 0 Å². The van der Waals surface area contributed by atoms with Crippen molar-refractivity contribution in [3.8, 4) is 0 Å². The van der Waals surface area contributed by atoms with E-state index in [1.54, 1.807) is 24.3 Å². The summed E-state index contributed by atoms with van der Waals surface area (Å²) in [7, 11) is 1.30. The summed E-state index contributed by atoms with van der Waals surface area (Å²) in [6.45, 7) is -0.000196. The number of benzene rings is 1. The number of hydrogen-bond donors (Lipinski definition) is 1. The zero-order valence-electron chi connectivity index (χ0n) is 9.83. The summed E-state index contributed by atoms with van der Waals surface area (Å²) in [6, 6.07) is 6.74. The van der Waals surface area contributed by atoms with Gasteiger partial charge >= 0.3 is 5.97 Å².